The Morgan fingerprint density at radius 3 is 2.61 bits per heavy atom. The number of aryl methyl sites for hydroxylation is 3. The van der Waals surface area contributed by atoms with Gasteiger partial charge in [0.15, 0.2) is 12.8 Å². The molecule has 44 heavy (non-hydrogen) atoms. The van der Waals surface area contributed by atoms with Crippen LogP contribution in [0.15, 0.2) is 60.9 Å². The summed E-state index contributed by atoms with van der Waals surface area (Å²) >= 11 is 0. The lowest BCUT2D eigenvalue weighted by atomic mass is 10.1. The lowest BCUT2D eigenvalue weighted by Crippen LogP contribution is -2.41. The molecule has 1 unspecified atom stereocenters. The van der Waals surface area contributed by atoms with Crippen molar-refractivity contribution >= 4 is 17.8 Å². The lowest BCUT2D eigenvalue weighted by Gasteiger charge is -2.12. The Balaban J connectivity index is 1.27. The van der Waals surface area contributed by atoms with Crippen molar-refractivity contribution in [2.75, 3.05) is 33.5 Å². The van der Waals surface area contributed by atoms with Gasteiger partial charge in [-0.2, -0.15) is 4.57 Å². The third kappa shape index (κ3) is 13.4. The van der Waals surface area contributed by atoms with E-state index in [9.17, 15) is 14.4 Å². The molecule has 1 atom stereocenters. The second kappa shape index (κ2) is 19.9. The van der Waals surface area contributed by atoms with Crippen LogP contribution in [0.5, 0.6) is 0 Å². The smallest absolute Gasteiger partial charge is 0.332 e. The van der Waals surface area contributed by atoms with Crippen LogP contribution in [-0.2, 0) is 66.1 Å². The highest BCUT2D eigenvalue weighted by molar-refractivity contribution is 5.82. The van der Waals surface area contributed by atoms with Crippen LogP contribution in [-0.4, -0.2) is 72.4 Å². The number of pyridine rings is 1. The maximum absolute atomic E-state index is 12.3. The number of methoxy groups -OCH3 is 1. The molecule has 0 bridgehead atoms. The third-order valence-corrected chi connectivity index (χ3v) is 6.59. The van der Waals surface area contributed by atoms with Crippen LogP contribution in [0, 0.1) is 0 Å². The Morgan fingerprint density at radius 1 is 1.00 bits per heavy atom. The Bertz CT molecular complexity index is 1290. The lowest BCUT2D eigenvalue weighted by molar-refractivity contribution is -0.706. The van der Waals surface area contributed by atoms with Gasteiger partial charge in [0.25, 0.3) is 0 Å². The molecule has 0 radical (unpaired) electrons. The maximum Gasteiger partial charge on any atom is 0.332 e. The van der Waals surface area contributed by atoms with E-state index in [1.165, 1.54) is 0 Å². The number of hydrogen-bond acceptors (Lipinski definition) is 10. The number of carbonyl (C=O) groups is 3. The van der Waals surface area contributed by atoms with E-state index in [0.717, 1.165) is 36.3 Å². The van der Waals surface area contributed by atoms with Crippen LogP contribution >= 0.6 is 0 Å². The fourth-order valence-corrected chi connectivity index (χ4v) is 4.15. The molecule has 2 heterocycles. The fraction of sp³-hybridized carbons (Fsp3) is 0.484. The van der Waals surface area contributed by atoms with Gasteiger partial charge in [-0.25, -0.2) is 4.79 Å². The van der Waals surface area contributed by atoms with E-state index >= 15 is 0 Å². The number of carbonyl (C=O) groups excluding carboxylic acids is 3. The molecule has 3 N–H and O–H groups in total. The second-order valence-electron chi connectivity index (χ2n) is 10.1. The van der Waals surface area contributed by atoms with Gasteiger partial charge in [0.1, 0.15) is 19.8 Å². The fourth-order valence-electron chi connectivity index (χ4n) is 4.15. The first-order valence-electron chi connectivity index (χ1n) is 14.8. The molecule has 3 aromatic rings. The van der Waals surface area contributed by atoms with E-state index < -0.39 is 12.0 Å². The van der Waals surface area contributed by atoms with Gasteiger partial charge in [-0.05, 0) is 30.9 Å². The summed E-state index contributed by atoms with van der Waals surface area (Å²) < 4.78 is 24.4. The van der Waals surface area contributed by atoms with Crippen LogP contribution < -0.4 is 15.6 Å². The van der Waals surface area contributed by atoms with E-state index in [0.29, 0.717) is 32.7 Å². The Hall–Kier alpha value is -4.20. The molecular formula is C31H43N6O7+. The number of amides is 1. The minimum absolute atomic E-state index is 0.0752. The normalized spacial score (nSPS) is 11.6. The molecule has 238 valence electrons. The molecule has 3 rings (SSSR count). The van der Waals surface area contributed by atoms with Gasteiger partial charge in [0.2, 0.25) is 11.6 Å². The maximum atomic E-state index is 12.3. The van der Waals surface area contributed by atoms with E-state index in [2.05, 4.69) is 15.6 Å². The zero-order chi connectivity index (χ0) is 31.4. The number of rotatable bonds is 21. The highest BCUT2D eigenvalue weighted by Crippen LogP contribution is 2.05. The molecule has 0 spiro atoms. The molecule has 1 aromatic carbocycles. The predicted octanol–water partition coefficient (Wildman–Crippen LogP) is 1.26. The van der Waals surface area contributed by atoms with E-state index in [1.54, 1.807) is 11.8 Å². The van der Waals surface area contributed by atoms with Gasteiger partial charge in [-0.15, -0.1) is 5.10 Å². The van der Waals surface area contributed by atoms with Crippen molar-refractivity contribution in [2.45, 2.75) is 64.4 Å². The number of benzene rings is 1. The van der Waals surface area contributed by atoms with Crippen molar-refractivity contribution in [3.63, 3.8) is 0 Å². The summed E-state index contributed by atoms with van der Waals surface area (Å²) in [5.74, 6) is -1.11. The van der Waals surface area contributed by atoms with Crippen molar-refractivity contribution in [1.82, 2.24) is 20.3 Å². The number of aromatic nitrogens is 4. The molecule has 0 aliphatic rings. The van der Waals surface area contributed by atoms with Crippen LogP contribution in [0.2, 0.25) is 0 Å². The van der Waals surface area contributed by atoms with Crippen LogP contribution in [0.1, 0.15) is 42.6 Å². The summed E-state index contributed by atoms with van der Waals surface area (Å²) in [6, 6.07) is 14.4. The van der Waals surface area contributed by atoms with Crippen LogP contribution in [0.25, 0.3) is 0 Å². The average molecular weight is 612 g/mol. The molecule has 0 aliphatic carbocycles. The van der Waals surface area contributed by atoms with Crippen molar-refractivity contribution in [3.05, 3.63) is 77.9 Å². The zero-order valence-corrected chi connectivity index (χ0v) is 25.3. The van der Waals surface area contributed by atoms with Gasteiger partial charge >= 0.3 is 11.9 Å². The highest BCUT2D eigenvalue weighted by atomic mass is 16.6. The van der Waals surface area contributed by atoms with Gasteiger partial charge in [-0.3, -0.25) is 14.3 Å². The molecule has 0 saturated carbocycles. The predicted molar refractivity (Wildman–Crippen MR) is 159 cm³/mol. The van der Waals surface area contributed by atoms with Gasteiger partial charge in [0, 0.05) is 51.4 Å². The zero-order valence-electron chi connectivity index (χ0n) is 25.3. The molecule has 0 fully saturated rings. The summed E-state index contributed by atoms with van der Waals surface area (Å²) in [4.78, 5) is 36.1. The van der Waals surface area contributed by atoms with Crippen molar-refractivity contribution in [3.8, 4) is 0 Å². The molecule has 0 aliphatic heterocycles. The van der Waals surface area contributed by atoms with E-state index in [1.807, 2.05) is 65.5 Å². The number of nitrogens with two attached hydrogens (primary N) is 1. The Morgan fingerprint density at radius 2 is 1.80 bits per heavy atom. The third-order valence-electron chi connectivity index (χ3n) is 6.59. The van der Waals surface area contributed by atoms with Crippen molar-refractivity contribution in [2.24, 2.45) is 5.73 Å². The highest BCUT2D eigenvalue weighted by Gasteiger charge is 2.16. The summed E-state index contributed by atoms with van der Waals surface area (Å²) in [6.45, 7) is 2.75. The van der Waals surface area contributed by atoms with Crippen LogP contribution in [0.4, 0.5) is 0 Å². The largest absolute Gasteiger partial charge is 0.461 e. The van der Waals surface area contributed by atoms with Crippen molar-refractivity contribution < 1.29 is 37.9 Å². The summed E-state index contributed by atoms with van der Waals surface area (Å²) in [5, 5.41) is 11.2. The Kier molecular flexibility index (Phi) is 15.5. The molecular weight excluding hydrogens is 568 g/mol. The van der Waals surface area contributed by atoms with Gasteiger partial charge in [0.05, 0.1) is 24.9 Å². The molecule has 13 heteroatoms. The minimum atomic E-state index is -0.785. The molecule has 0 saturated heterocycles. The molecule has 1 amide bonds. The second-order valence-corrected chi connectivity index (χ2v) is 10.1. The monoisotopic (exact) mass is 611 g/mol. The number of nitrogens with zero attached hydrogens (tertiary/aromatic N) is 4. The topological polar surface area (TPSA) is 161 Å². The van der Waals surface area contributed by atoms with Gasteiger partial charge < -0.3 is 30.0 Å². The number of ether oxygens (including phenoxy) is 4. The van der Waals surface area contributed by atoms with E-state index in [4.69, 9.17) is 24.7 Å². The van der Waals surface area contributed by atoms with Crippen molar-refractivity contribution in [1.29, 1.82) is 0 Å². The van der Waals surface area contributed by atoms with E-state index in [-0.39, 0.29) is 44.5 Å². The summed E-state index contributed by atoms with van der Waals surface area (Å²) in [7, 11) is 1.57. The first kappa shape index (κ1) is 34.3. The summed E-state index contributed by atoms with van der Waals surface area (Å²) in [6.07, 6.45) is 6.34. The number of esters is 2. The average Bonchev–Trinajstić information content (AvgIpc) is 3.50. The first-order valence-corrected chi connectivity index (χ1v) is 14.8. The quantitative estimate of drug-likeness (QED) is 0.102. The van der Waals surface area contributed by atoms with Gasteiger partial charge in [-0.1, -0.05) is 35.5 Å². The Labute approximate surface area is 257 Å². The number of hydrogen-bond donors (Lipinski definition) is 2. The SMILES string of the molecule is COCCOCC(=O)OCc1cccc[n+]1CCCc1cn(CCCNC(=O)C(N)CCC(=O)OCc2ccccc2)nn1. The van der Waals surface area contributed by atoms with Crippen LogP contribution in [0.3, 0.4) is 0 Å². The number of nitrogens with one attached hydrogen (secondary N) is 1. The molecule has 2 aromatic heterocycles. The first-order chi connectivity index (χ1) is 21.4. The molecule has 13 nitrogen and oxygen atoms in total. The minimum Gasteiger partial charge on any atom is -0.461 e. The summed E-state index contributed by atoms with van der Waals surface area (Å²) in [5.41, 5.74) is 8.60. The standard InChI is InChI=1S/C31H42N6O7/c1-41-19-20-42-24-30(39)44-23-27-12-5-6-16-36(27)17-7-11-26-21-37(35-34-26)18-8-15-33-31(40)28(32)13-14-29(38)43-22-25-9-3-2-4-10-25/h2-6,9-10,12,16,21,28H,7-8,11,13-15,17-20,22-24,32H2,1H3/p+1.